The van der Waals surface area contributed by atoms with E-state index in [0.29, 0.717) is 6.42 Å². The van der Waals surface area contributed by atoms with E-state index in [0.717, 1.165) is 18.4 Å². The molecule has 0 bridgehead atoms. The van der Waals surface area contributed by atoms with Crippen LogP contribution in [0.2, 0.25) is 0 Å². The van der Waals surface area contributed by atoms with E-state index in [1.54, 1.807) is 0 Å². The first-order chi connectivity index (χ1) is 9.90. The number of halogens is 1. The van der Waals surface area contributed by atoms with Gasteiger partial charge in [0, 0.05) is 16.7 Å². The lowest BCUT2D eigenvalue weighted by atomic mass is 10.1. The first-order valence-electron chi connectivity index (χ1n) is 6.80. The lowest BCUT2D eigenvalue weighted by Crippen LogP contribution is -2.39. The minimum atomic E-state index is -3.66. The highest BCUT2D eigenvalue weighted by Crippen LogP contribution is 2.08. The third-order valence-electron chi connectivity index (χ3n) is 2.84. The first kappa shape index (κ1) is 17.8. The Labute approximate surface area is 130 Å². The quantitative estimate of drug-likeness (QED) is 0.742. The van der Waals surface area contributed by atoms with Gasteiger partial charge < -0.3 is 10.1 Å². The summed E-state index contributed by atoms with van der Waals surface area (Å²) in [6.45, 7) is 2.13. The number of nitrogens with one attached hydrogen (secondary N) is 1. The van der Waals surface area contributed by atoms with Crippen LogP contribution in [0, 0.1) is 0 Å². The molecule has 1 aromatic rings. The zero-order chi connectivity index (χ0) is 15.7. The molecular formula is C14H20ClNO4S. The Kier molecular flexibility index (Phi) is 7.53. The van der Waals surface area contributed by atoms with Crippen LogP contribution in [-0.4, -0.2) is 26.3 Å². The number of alkyl carbamates (subject to hydrolysis) is 1. The molecule has 1 atom stereocenters. The highest BCUT2D eigenvalue weighted by Gasteiger charge is 2.19. The summed E-state index contributed by atoms with van der Waals surface area (Å²) in [4.78, 5) is 11.7. The predicted octanol–water partition coefficient (Wildman–Crippen LogP) is 3.04. The topological polar surface area (TPSA) is 72.5 Å². The maximum Gasteiger partial charge on any atom is 0.407 e. The summed E-state index contributed by atoms with van der Waals surface area (Å²) in [5.74, 6) is -0.297. The van der Waals surface area contributed by atoms with E-state index in [1.165, 1.54) is 0 Å². The van der Waals surface area contributed by atoms with Gasteiger partial charge in [0.2, 0.25) is 9.05 Å². The molecule has 1 aromatic carbocycles. The number of rotatable bonds is 8. The third kappa shape index (κ3) is 8.57. The van der Waals surface area contributed by atoms with Crippen LogP contribution in [0.4, 0.5) is 4.79 Å². The van der Waals surface area contributed by atoms with E-state index in [4.69, 9.17) is 15.4 Å². The number of carbonyl (C=O) groups is 1. The van der Waals surface area contributed by atoms with Gasteiger partial charge in [-0.2, -0.15) is 0 Å². The lowest BCUT2D eigenvalue weighted by molar-refractivity contribution is 0.136. The Bertz CT molecular complexity index is 533. The molecule has 0 saturated carbocycles. The molecule has 0 aromatic heterocycles. The maximum absolute atomic E-state index is 11.7. The molecule has 0 spiro atoms. The van der Waals surface area contributed by atoms with E-state index >= 15 is 0 Å². The molecule has 0 aliphatic carbocycles. The summed E-state index contributed by atoms with van der Waals surface area (Å²) in [5, 5.41) is 2.55. The fourth-order valence-corrected chi connectivity index (χ4v) is 3.01. The minimum Gasteiger partial charge on any atom is -0.445 e. The van der Waals surface area contributed by atoms with Crippen molar-refractivity contribution in [2.24, 2.45) is 0 Å². The molecule has 1 unspecified atom stereocenters. The second-order valence-corrected chi connectivity index (χ2v) is 7.57. The maximum atomic E-state index is 11.7. The van der Waals surface area contributed by atoms with Crippen LogP contribution in [-0.2, 0) is 20.4 Å². The van der Waals surface area contributed by atoms with Crippen LogP contribution >= 0.6 is 10.7 Å². The number of hydrogen-bond donors (Lipinski definition) is 1. The smallest absolute Gasteiger partial charge is 0.407 e. The molecular weight excluding hydrogens is 314 g/mol. The van der Waals surface area contributed by atoms with Crippen LogP contribution in [0.1, 0.15) is 31.7 Å². The third-order valence-corrected chi connectivity index (χ3v) is 4.02. The van der Waals surface area contributed by atoms with Crippen LogP contribution in [0.3, 0.4) is 0 Å². The van der Waals surface area contributed by atoms with Crippen LogP contribution in [0.25, 0.3) is 0 Å². The van der Waals surface area contributed by atoms with Gasteiger partial charge in [-0.25, -0.2) is 13.2 Å². The first-order valence-corrected chi connectivity index (χ1v) is 9.28. The highest BCUT2D eigenvalue weighted by molar-refractivity contribution is 8.13. The molecule has 0 fully saturated rings. The summed E-state index contributed by atoms with van der Waals surface area (Å²) < 4.78 is 27.3. The van der Waals surface area contributed by atoms with Crippen LogP contribution < -0.4 is 5.32 Å². The van der Waals surface area contributed by atoms with Crippen molar-refractivity contribution < 1.29 is 17.9 Å². The molecule has 0 radical (unpaired) electrons. The van der Waals surface area contributed by atoms with Gasteiger partial charge in [-0.05, 0) is 12.0 Å². The van der Waals surface area contributed by atoms with Gasteiger partial charge in [-0.1, -0.05) is 50.1 Å². The van der Waals surface area contributed by atoms with Gasteiger partial charge in [0.05, 0.1) is 5.75 Å². The van der Waals surface area contributed by atoms with E-state index in [9.17, 15) is 13.2 Å². The predicted molar refractivity (Wildman–Crippen MR) is 82.7 cm³/mol. The molecule has 0 aliphatic heterocycles. The van der Waals surface area contributed by atoms with Crippen molar-refractivity contribution in [1.29, 1.82) is 0 Å². The fraction of sp³-hybridized carbons (Fsp3) is 0.500. The fourth-order valence-electron chi connectivity index (χ4n) is 1.82. The van der Waals surface area contributed by atoms with E-state index in [2.05, 4.69) is 5.32 Å². The number of ether oxygens (including phenoxy) is 1. The van der Waals surface area contributed by atoms with Crippen molar-refractivity contribution in [3.05, 3.63) is 35.9 Å². The van der Waals surface area contributed by atoms with Gasteiger partial charge in [0.25, 0.3) is 0 Å². The zero-order valence-electron chi connectivity index (χ0n) is 11.9. The monoisotopic (exact) mass is 333 g/mol. The Hall–Kier alpha value is -1.27. The molecule has 1 amide bonds. The van der Waals surface area contributed by atoms with Gasteiger partial charge >= 0.3 is 6.09 Å². The minimum absolute atomic E-state index is 0.140. The molecule has 1 N–H and O–H groups in total. The lowest BCUT2D eigenvalue weighted by Gasteiger charge is -2.16. The van der Waals surface area contributed by atoms with Crippen LogP contribution in [0.5, 0.6) is 0 Å². The molecule has 0 saturated heterocycles. The SMILES string of the molecule is CCCCC(CS(=O)(=O)Cl)NC(=O)OCc1ccccc1. The second-order valence-electron chi connectivity index (χ2n) is 4.75. The van der Waals surface area contributed by atoms with E-state index < -0.39 is 21.2 Å². The summed E-state index contributed by atoms with van der Waals surface area (Å²) in [6.07, 6.45) is 1.61. The molecule has 1 rings (SSSR count). The largest absolute Gasteiger partial charge is 0.445 e. The van der Waals surface area contributed by atoms with Gasteiger partial charge in [0.15, 0.2) is 0 Å². The molecule has 7 heteroatoms. The van der Waals surface area contributed by atoms with Gasteiger partial charge in [-0.3, -0.25) is 0 Å². The summed E-state index contributed by atoms with van der Waals surface area (Å²) >= 11 is 0. The van der Waals surface area contributed by atoms with Crippen LogP contribution in [0.15, 0.2) is 30.3 Å². The molecule has 0 aliphatic rings. The van der Waals surface area contributed by atoms with Crippen molar-refractivity contribution in [1.82, 2.24) is 5.32 Å². The summed E-state index contributed by atoms with van der Waals surface area (Å²) in [5.41, 5.74) is 0.864. The number of carbonyl (C=O) groups excluding carboxylic acids is 1. The van der Waals surface area contributed by atoms with Crippen molar-refractivity contribution in [2.45, 2.75) is 38.8 Å². The second kappa shape index (κ2) is 8.89. The Morgan fingerprint density at radius 3 is 2.57 bits per heavy atom. The van der Waals surface area contributed by atoms with Gasteiger partial charge in [0.1, 0.15) is 6.61 Å². The summed E-state index contributed by atoms with van der Waals surface area (Å²) in [7, 11) is 1.58. The van der Waals surface area contributed by atoms with E-state index in [-0.39, 0.29) is 12.4 Å². The standard InChI is InChI=1S/C14H20ClNO4S/c1-2-3-9-13(11-21(15,18)19)16-14(17)20-10-12-7-5-4-6-8-12/h4-8,13H,2-3,9-11H2,1H3,(H,16,17). The summed E-state index contributed by atoms with van der Waals surface area (Å²) in [6, 6.07) is 8.71. The molecule has 0 heterocycles. The highest BCUT2D eigenvalue weighted by atomic mass is 35.7. The molecule has 118 valence electrons. The van der Waals surface area contributed by atoms with Crippen molar-refractivity contribution in [3.8, 4) is 0 Å². The Morgan fingerprint density at radius 1 is 1.33 bits per heavy atom. The molecule has 21 heavy (non-hydrogen) atoms. The number of benzene rings is 1. The Morgan fingerprint density at radius 2 is 2.00 bits per heavy atom. The van der Waals surface area contributed by atoms with E-state index in [1.807, 2.05) is 37.3 Å². The van der Waals surface area contributed by atoms with Crippen molar-refractivity contribution in [3.63, 3.8) is 0 Å². The number of amides is 1. The van der Waals surface area contributed by atoms with Crippen molar-refractivity contribution in [2.75, 3.05) is 5.75 Å². The van der Waals surface area contributed by atoms with Gasteiger partial charge in [-0.15, -0.1) is 0 Å². The number of unbranched alkanes of at least 4 members (excludes halogenated alkanes) is 1. The Balaban J connectivity index is 2.47. The molecule has 5 nitrogen and oxygen atoms in total. The number of hydrogen-bond acceptors (Lipinski definition) is 4. The normalized spacial score (nSPS) is 12.7. The average Bonchev–Trinajstić information content (AvgIpc) is 2.42. The zero-order valence-corrected chi connectivity index (χ0v) is 13.5. The average molecular weight is 334 g/mol. The van der Waals surface area contributed by atoms with Crippen molar-refractivity contribution >= 4 is 25.8 Å².